The van der Waals surface area contributed by atoms with E-state index < -0.39 is 0 Å². The molecule has 148 valence electrons. The Kier molecular flexibility index (Phi) is 5.71. The highest BCUT2D eigenvalue weighted by Crippen LogP contribution is 2.22. The first kappa shape index (κ1) is 19.2. The zero-order chi connectivity index (χ0) is 20.8. The van der Waals surface area contributed by atoms with Crippen molar-refractivity contribution in [1.82, 2.24) is 4.57 Å². The number of nitrogens with zero attached hydrogens (tertiary/aromatic N) is 1. The molecule has 0 fully saturated rings. The maximum atomic E-state index is 12.6. The van der Waals surface area contributed by atoms with E-state index in [0.29, 0.717) is 29.3 Å². The Morgan fingerprint density at radius 1 is 0.800 bits per heavy atom. The molecule has 0 bridgehead atoms. The van der Waals surface area contributed by atoms with Gasteiger partial charge in [0.15, 0.2) is 0 Å². The SMILES string of the molecule is O=C(Nc1ccc(Cn2ccccc2=O)cc1)c1cccc(Oc2ccccc2)c1. The van der Waals surface area contributed by atoms with Gasteiger partial charge in [-0.1, -0.05) is 42.5 Å². The number of anilines is 1. The number of ether oxygens (including phenoxy) is 1. The number of hydrogen-bond donors (Lipinski definition) is 1. The van der Waals surface area contributed by atoms with Crippen LogP contribution in [-0.2, 0) is 6.54 Å². The number of para-hydroxylation sites is 1. The van der Waals surface area contributed by atoms with Gasteiger partial charge in [-0.15, -0.1) is 0 Å². The van der Waals surface area contributed by atoms with Crippen molar-refractivity contribution in [3.05, 3.63) is 125 Å². The highest BCUT2D eigenvalue weighted by Gasteiger charge is 2.08. The van der Waals surface area contributed by atoms with Gasteiger partial charge in [0.25, 0.3) is 11.5 Å². The summed E-state index contributed by atoms with van der Waals surface area (Å²) < 4.78 is 7.42. The lowest BCUT2D eigenvalue weighted by Crippen LogP contribution is -2.18. The third-order valence-electron chi connectivity index (χ3n) is 4.54. The number of carbonyl (C=O) groups excluding carboxylic acids is 1. The normalized spacial score (nSPS) is 10.4. The van der Waals surface area contributed by atoms with E-state index in [4.69, 9.17) is 4.74 Å². The molecule has 0 saturated carbocycles. The molecule has 0 aliphatic carbocycles. The number of pyridine rings is 1. The Hall–Kier alpha value is -4.12. The van der Waals surface area contributed by atoms with Crippen LogP contribution >= 0.6 is 0 Å². The zero-order valence-corrected chi connectivity index (χ0v) is 16.2. The molecule has 5 heteroatoms. The molecule has 4 aromatic rings. The summed E-state index contributed by atoms with van der Waals surface area (Å²) in [5.41, 5.74) is 2.11. The Bertz CT molecular complexity index is 1200. The van der Waals surface area contributed by atoms with Crippen LogP contribution in [0.2, 0.25) is 0 Å². The second-order valence-corrected chi connectivity index (χ2v) is 6.76. The summed E-state index contributed by atoms with van der Waals surface area (Å²) in [6.45, 7) is 0.479. The largest absolute Gasteiger partial charge is 0.457 e. The number of rotatable bonds is 6. The number of carbonyl (C=O) groups is 1. The number of nitrogens with one attached hydrogen (secondary N) is 1. The first-order chi connectivity index (χ1) is 14.7. The summed E-state index contributed by atoms with van der Waals surface area (Å²) in [5.74, 6) is 1.08. The summed E-state index contributed by atoms with van der Waals surface area (Å²) in [7, 11) is 0. The predicted octanol–water partition coefficient (Wildman–Crippen LogP) is 4.94. The van der Waals surface area contributed by atoms with E-state index >= 15 is 0 Å². The van der Waals surface area contributed by atoms with Crippen molar-refractivity contribution in [1.29, 1.82) is 0 Å². The second kappa shape index (κ2) is 8.92. The minimum absolute atomic E-state index is 0.0486. The standard InChI is InChI=1S/C25H20N2O3/c28-24-11-4-5-16-27(24)18-19-12-14-21(15-13-19)26-25(29)20-7-6-10-23(17-20)30-22-8-2-1-3-9-22/h1-17H,18H2,(H,26,29). The van der Waals surface area contributed by atoms with Crippen LogP contribution in [0.5, 0.6) is 11.5 Å². The second-order valence-electron chi connectivity index (χ2n) is 6.76. The number of aromatic nitrogens is 1. The van der Waals surface area contributed by atoms with Crippen LogP contribution in [-0.4, -0.2) is 10.5 Å². The van der Waals surface area contributed by atoms with Gasteiger partial charge in [-0.3, -0.25) is 9.59 Å². The summed E-state index contributed by atoms with van der Waals surface area (Å²) in [6, 6.07) is 29.0. The van der Waals surface area contributed by atoms with Gasteiger partial charge in [0, 0.05) is 23.5 Å². The maximum absolute atomic E-state index is 12.6. The third kappa shape index (κ3) is 4.83. The first-order valence-corrected chi connectivity index (χ1v) is 9.56. The zero-order valence-electron chi connectivity index (χ0n) is 16.2. The van der Waals surface area contributed by atoms with Crippen LogP contribution in [0.3, 0.4) is 0 Å². The lowest BCUT2D eigenvalue weighted by Gasteiger charge is -2.10. The lowest BCUT2D eigenvalue weighted by molar-refractivity contribution is 0.102. The highest BCUT2D eigenvalue weighted by molar-refractivity contribution is 6.04. The molecule has 5 nitrogen and oxygen atoms in total. The van der Waals surface area contributed by atoms with Crippen LogP contribution < -0.4 is 15.6 Å². The van der Waals surface area contributed by atoms with Crippen molar-refractivity contribution in [3.8, 4) is 11.5 Å². The van der Waals surface area contributed by atoms with Crippen molar-refractivity contribution >= 4 is 11.6 Å². The molecule has 1 N–H and O–H groups in total. The molecule has 30 heavy (non-hydrogen) atoms. The molecule has 1 amide bonds. The average molecular weight is 396 g/mol. The molecule has 0 saturated heterocycles. The lowest BCUT2D eigenvalue weighted by atomic mass is 10.1. The Balaban J connectivity index is 1.42. The van der Waals surface area contributed by atoms with E-state index in [9.17, 15) is 9.59 Å². The molecule has 0 aliphatic heterocycles. The molecule has 0 aliphatic rings. The quantitative estimate of drug-likeness (QED) is 0.502. The highest BCUT2D eigenvalue weighted by atomic mass is 16.5. The average Bonchev–Trinajstić information content (AvgIpc) is 2.77. The fourth-order valence-electron chi connectivity index (χ4n) is 3.01. The predicted molar refractivity (Wildman–Crippen MR) is 117 cm³/mol. The van der Waals surface area contributed by atoms with Crippen molar-refractivity contribution in [2.45, 2.75) is 6.54 Å². The van der Waals surface area contributed by atoms with Crippen LogP contribution in [0.25, 0.3) is 0 Å². The van der Waals surface area contributed by atoms with Crippen LogP contribution in [0.4, 0.5) is 5.69 Å². The van der Waals surface area contributed by atoms with E-state index in [1.165, 1.54) is 6.07 Å². The van der Waals surface area contributed by atoms with E-state index in [1.807, 2.05) is 66.7 Å². The fraction of sp³-hybridized carbons (Fsp3) is 0.0400. The first-order valence-electron chi connectivity index (χ1n) is 9.56. The molecule has 0 atom stereocenters. The van der Waals surface area contributed by atoms with Gasteiger partial charge in [-0.25, -0.2) is 0 Å². The van der Waals surface area contributed by atoms with E-state index in [0.717, 1.165) is 5.56 Å². The monoisotopic (exact) mass is 396 g/mol. The van der Waals surface area contributed by atoms with Crippen LogP contribution in [0, 0.1) is 0 Å². The minimum atomic E-state index is -0.222. The molecular weight excluding hydrogens is 376 g/mol. The Labute approximate surface area is 174 Å². The van der Waals surface area contributed by atoms with Crippen molar-refractivity contribution < 1.29 is 9.53 Å². The van der Waals surface area contributed by atoms with Gasteiger partial charge in [0.1, 0.15) is 11.5 Å². The number of benzene rings is 3. The van der Waals surface area contributed by atoms with E-state index in [1.54, 1.807) is 35.0 Å². The minimum Gasteiger partial charge on any atom is -0.457 e. The fourth-order valence-corrected chi connectivity index (χ4v) is 3.01. The van der Waals surface area contributed by atoms with E-state index in [2.05, 4.69) is 5.32 Å². The van der Waals surface area contributed by atoms with Crippen LogP contribution in [0.15, 0.2) is 108 Å². The Morgan fingerprint density at radius 3 is 2.30 bits per heavy atom. The number of amides is 1. The van der Waals surface area contributed by atoms with Crippen molar-refractivity contribution in [3.63, 3.8) is 0 Å². The third-order valence-corrected chi connectivity index (χ3v) is 4.54. The molecule has 1 heterocycles. The van der Waals surface area contributed by atoms with Gasteiger partial charge in [-0.2, -0.15) is 0 Å². The smallest absolute Gasteiger partial charge is 0.255 e. The topological polar surface area (TPSA) is 60.3 Å². The summed E-state index contributed by atoms with van der Waals surface area (Å²) in [5, 5.41) is 2.89. The molecule has 4 rings (SSSR count). The van der Waals surface area contributed by atoms with Crippen LogP contribution in [0.1, 0.15) is 15.9 Å². The Morgan fingerprint density at radius 2 is 1.53 bits per heavy atom. The molecule has 0 unspecified atom stereocenters. The summed E-state index contributed by atoms with van der Waals surface area (Å²) >= 11 is 0. The van der Waals surface area contributed by atoms with Gasteiger partial charge < -0.3 is 14.6 Å². The summed E-state index contributed by atoms with van der Waals surface area (Å²) in [6.07, 6.45) is 1.75. The van der Waals surface area contributed by atoms with Gasteiger partial charge in [0.05, 0.1) is 6.54 Å². The van der Waals surface area contributed by atoms with E-state index in [-0.39, 0.29) is 11.5 Å². The number of hydrogen-bond acceptors (Lipinski definition) is 3. The summed E-state index contributed by atoms with van der Waals surface area (Å²) in [4.78, 5) is 24.5. The molecule has 3 aromatic carbocycles. The molecule has 0 radical (unpaired) electrons. The van der Waals surface area contributed by atoms with Gasteiger partial charge in [0.2, 0.25) is 0 Å². The molecule has 1 aromatic heterocycles. The van der Waals surface area contributed by atoms with Crippen molar-refractivity contribution in [2.24, 2.45) is 0 Å². The van der Waals surface area contributed by atoms with Gasteiger partial charge in [-0.05, 0) is 54.1 Å². The van der Waals surface area contributed by atoms with Gasteiger partial charge >= 0.3 is 0 Å². The molecular formula is C25H20N2O3. The maximum Gasteiger partial charge on any atom is 0.255 e. The molecule has 0 spiro atoms. The van der Waals surface area contributed by atoms with Crippen molar-refractivity contribution in [2.75, 3.05) is 5.32 Å².